The normalized spacial score (nSPS) is 42.9. The second-order valence-corrected chi connectivity index (χ2v) is 4.83. The van der Waals surface area contributed by atoms with Gasteiger partial charge < -0.3 is 10.4 Å². The SMILES string of the molecule is C[C@H]1C[C@@H](C(=O)O)N[C@H]2CCCC[C@H]21. The highest BCUT2D eigenvalue weighted by Crippen LogP contribution is 2.36. The highest BCUT2D eigenvalue weighted by molar-refractivity contribution is 5.73. The maximum Gasteiger partial charge on any atom is 0.320 e. The van der Waals surface area contributed by atoms with Crippen LogP contribution >= 0.6 is 0 Å². The summed E-state index contributed by atoms with van der Waals surface area (Å²) in [6.07, 6.45) is 5.83. The molecule has 0 aromatic carbocycles. The first-order valence-corrected chi connectivity index (χ1v) is 5.67. The van der Waals surface area contributed by atoms with Crippen LogP contribution in [0.1, 0.15) is 39.0 Å². The predicted octanol–water partition coefficient (Wildman–Crippen LogP) is 1.63. The minimum Gasteiger partial charge on any atom is -0.480 e. The van der Waals surface area contributed by atoms with Crippen molar-refractivity contribution in [1.82, 2.24) is 5.32 Å². The number of carboxylic acids is 1. The summed E-state index contributed by atoms with van der Waals surface area (Å²) in [7, 11) is 0. The molecule has 4 atom stereocenters. The second-order valence-electron chi connectivity index (χ2n) is 4.83. The third-order valence-electron chi connectivity index (χ3n) is 3.87. The van der Waals surface area contributed by atoms with Gasteiger partial charge in [-0.1, -0.05) is 19.8 Å². The number of rotatable bonds is 1. The molecule has 0 radical (unpaired) electrons. The van der Waals surface area contributed by atoms with Crippen LogP contribution in [0.4, 0.5) is 0 Å². The van der Waals surface area contributed by atoms with E-state index in [0.29, 0.717) is 12.0 Å². The zero-order valence-corrected chi connectivity index (χ0v) is 8.70. The van der Waals surface area contributed by atoms with E-state index in [9.17, 15) is 4.79 Å². The van der Waals surface area contributed by atoms with Gasteiger partial charge in [-0.05, 0) is 31.1 Å². The molecule has 3 heteroatoms. The molecule has 80 valence electrons. The van der Waals surface area contributed by atoms with Crippen LogP contribution in [0.15, 0.2) is 0 Å². The number of piperidine rings is 1. The summed E-state index contributed by atoms with van der Waals surface area (Å²) in [5, 5.41) is 12.3. The van der Waals surface area contributed by atoms with Gasteiger partial charge in [0.05, 0.1) is 0 Å². The van der Waals surface area contributed by atoms with Gasteiger partial charge in [0.1, 0.15) is 6.04 Å². The van der Waals surface area contributed by atoms with E-state index in [1.165, 1.54) is 25.7 Å². The Morgan fingerprint density at radius 3 is 2.79 bits per heavy atom. The summed E-state index contributed by atoms with van der Waals surface area (Å²) in [5.41, 5.74) is 0. The molecule has 2 aliphatic rings. The summed E-state index contributed by atoms with van der Waals surface area (Å²) in [4.78, 5) is 10.9. The Balaban J connectivity index is 2.04. The van der Waals surface area contributed by atoms with Gasteiger partial charge in [-0.15, -0.1) is 0 Å². The molecule has 2 fully saturated rings. The van der Waals surface area contributed by atoms with E-state index in [1.54, 1.807) is 0 Å². The first kappa shape index (κ1) is 9.97. The average Bonchev–Trinajstić information content (AvgIpc) is 2.17. The lowest BCUT2D eigenvalue weighted by Crippen LogP contribution is -2.54. The molecule has 0 aromatic heterocycles. The molecule has 1 saturated carbocycles. The minimum atomic E-state index is -0.680. The van der Waals surface area contributed by atoms with Crippen molar-refractivity contribution in [3.8, 4) is 0 Å². The lowest BCUT2D eigenvalue weighted by molar-refractivity contribution is -0.141. The molecule has 1 aliphatic carbocycles. The molecular formula is C11H19NO2. The van der Waals surface area contributed by atoms with Crippen LogP contribution < -0.4 is 5.32 Å². The minimum absolute atomic E-state index is 0.302. The van der Waals surface area contributed by atoms with Crippen LogP contribution in [-0.2, 0) is 4.79 Å². The van der Waals surface area contributed by atoms with Crippen LogP contribution in [0.2, 0.25) is 0 Å². The quantitative estimate of drug-likeness (QED) is 0.671. The number of carbonyl (C=O) groups is 1. The van der Waals surface area contributed by atoms with E-state index in [0.717, 1.165) is 12.3 Å². The Morgan fingerprint density at radius 1 is 1.36 bits per heavy atom. The van der Waals surface area contributed by atoms with Crippen molar-refractivity contribution in [3.63, 3.8) is 0 Å². The Hall–Kier alpha value is -0.570. The molecule has 1 heterocycles. The lowest BCUT2D eigenvalue weighted by Gasteiger charge is -2.43. The molecule has 2 rings (SSSR count). The van der Waals surface area contributed by atoms with Gasteiger partial charge in [-0.3, -0.25) is 4.79 Å². The van der Waals surface area contributed by atoms with E-state index < -0.39 is 5.97 Å². The standard InChI is InChI=1S/C11H19NO2/c1-7-6-10(11(13)14)12-9-5-3-2-4-8(7)9/h7-10,12H,2-6H2,1H3,(H,13,14)/t7-,8-,9-,10-/m0/s1. The highest BCUT2D eigenvalue weighted by atomic mass is 16.4. The first-order chi connectivity index (χ1) is 6.68. The Bertz CT molecular complexity index is 229. The summed E-state index contributed by atoms with van der Waals surface area (Å²) in [5.74, 6) is 0.614. The van der Waals surface area contributed by atoms with Gasteiger partial charge in [-0.2, -0.15) is 0 Å². The van der Waals surface area contributed by atoms with E-state index in [-0.39, 0.29) is 6.04 Å². The van der Waals surface area contributed by atoms with Crippen molar-refractivity contribution in [3.05, 3.63) is 0 Å². The molecule has 14 heavy (non-hydrogen) atoms. The molecule has 1 aliphatic heterocycles. The summed E-state index contributed by atoms with van der Waals surface area (Å²) < 4.78 is 0. The van der Waals surface area contributed by atoms with Gasteiger partial charge in [0.15, 0.2) is 0 Å². The Kier molecular flexibility index (Phi) is 2.77. The molecular weight excluding hydrogens is 178 g/mol. The lowest BCUT2D eigenvalue weighted by atomic mass is 9.72. The van der Waals surface area contributed by atoms with Gasteiger partial charge >= 0.3 is 5.97 Å². The zero-order chi connectivity index (χ0) is 10.1. The van der Waals surface area contributed by atoms with Crippen LogP contribution in [0.5, 0.6) is 0 Å². The highest BCUT2D eigenvalue weighted by Gasteiger charge is 2.38. The number of hydrogen-bond acceptors (Lipinski definition) is 2. The van der Waals surface area contributed by atoms with Crippen molar-refractivity contribution in [2.75, 3.05) is 0 Å². The molecule has 1 saturated heterocycles. The third kappa shape index (κ3) is 1.78. The van der Waals surface area contributed by atoms with Crippen molar-refractivity contribution in [1.29, 1.82) is 0 Å². The van der Waals surface area contributed by atoms with E-state index in [4.69, 9.17) is 5.11 Å². The maximum absolute atomic E-state index is 10.9. The Morgan fingerprint density at radius 2 is 2.07 bits per heavy atom. The van der Waals surface area contributed by atoms with Gasteiger partial charge in [0.2, 0.25) is 0 Å². The smallest absolute Gasteiger partial charge is 0.320 e. The van der Waals surface area contributed by atoms with Crippen molar-refractivity contribution in [2.45, 2.75) is 51.1 Å². The zero-order valence-electron chi connectivity index (χ0n) is 8.70. The van der Waals surface area contributed by atoms with Crippen molar-refractivity contribution < 1.29 is 9.90 Å². The van der Waals surface area contributed by atoms with Crippen LogP contribution in [-0.4, -0.2) is 23.2 Å². The third-order valence-corrected chi connectivity index (χ3v) is 3.87. The van der Waals surface area contributed by atoms with Crippen LogP contribution in [0, 0.1) is 11.8 Å². The fourth-order valence-corrected chi connectivity index (χ4v) is 3.09. The fourth-order valence-electron chi connectivity index (χ4n) is 3.09. The summed E-state index contributed by atoms with van der Waals surface area (Å²) in [6.45, 7) is 2.21. The predicted molar refractivity (Wildman–Crippen MR) is 54.1 cm³/mol. The molecule has 0 aromatic rings. The summed E-state index contributed by atoms with van der Waals surface area (Å²) in [6, 6.07) is 0.165. The molecule has 0 amide bonds. The van der Waals surface area contributed by atoms with Crippen LogP contribution in [0.3, 0.4) is 0 Å². The van der Waals surface area contributed by atoms with Gasteiger partial charge in [0, 0.05) is 6.04 Å². The molecule has 3 nitrogen and oxygen atoms in total. The Labute approximate surface area is 84.9 Å². The molecule has 0 unspecified atom stereocenters. The number of aliphatic carboxylic acids is 1. The van der Waals surface area contributed by atoms with Crippen molar-refractivity contribution >= 4 is 5.97 Å². The second kappa shape index (κ2) is 3.89. The van der Waals surface area contributed by atoms with E-state index in [2.05, 4.69) is 12.2 Å². The largest absolute Gasteiger partial charge is 0.480 e. The molecule has 0 bridgehead atoms. The maximum atomic E-state index is 10.9. The summed E-state index contributed by atoms with van der Waals surface area (Å²) >= 11 is 0. The monoisotopic (exact) mass is 197 g/mol. The van der Waals surface area contributed by atoms with E-state index in [1.807, 2.05) is 0 Å². The van der Waals surface area contributed by atoms with Gasteiger partial charge in [0.25, 0.3) is 0 Å². The number of carboxylic acid groups (broad SMARTS) is 1. The first-order valence-electron chi connectivity index (χ1n) is 5.67. The topological polar surface area (TPSA) is 49.3 Å². The number of nitrogens with one attached hydrogen (secondary N) is 1. The number of fused-ring (bicyclic) bond motifs is 1. The number of hydrogen-bond donors (Lipinski definition) is 2. The fraction of sp³-hybridized carbons (Fsp3) is 0.909. The average molecular weight is 197 g/mol. The van der Waals surface area contributed by atoms with Crippen molar-refractivity contribution in [2.24, 2.45) is 11.8 Å². The molecule has 2 N–H and O–H groups in total. The van der Waals surface area contributed by atoms with Gasteiger partial charge in [-0.25, -0.2) is 0 Å². The van der Waals surface area contributed by atoms with Crippen LogP contribution in [0.25, 0.3) is 0 Å². The van der Waals surface area contributed by atoms with E-state index >= 15 is 0 Å². The molecule has 0 spiro atoms.